The summed E-state index contributed by atoms with van der Waals surface area (Å²) >= 11 is 7.86. The summed E-state index contributed by atoms with van der Waals surface area (Å²) in [4.78, 5) is 52.5. The Morgan fingerprint density at radius 2 is 1.86 bits per heavy atom. The Hall–Kier alpha value is -4.46. The number of carboxylic acid groups (broad SMARTS) is 1. The zero-order valence-corrected chi connectivity index (χ0v) is 28.8. The van der Waals surface area contributed by atoms with Crippen LogP contribution in [0.4, 0.5) is 14.9 Å². The lowest BCUT2D eigenvalue weighted by atomic mass is 9.95. The number of nitrogens with one attached hydrogen (secondary N) is 1. The van der Waals surface area contributed by atoms with Gasteiger partial charge in [0.25, 0.3) is 0 Å². The standard InChI is InChI=1S/C31H30ClFN6O5S.H2O4S/c1-44-30(42)26-24(35-28(29-34-10-13-45-29)36-27(26)22-8-5-19(33)14-23(22)32)17-37-11-12-38-21(15-37)16-39(31(38)43)20-6-2-18(3-7-20)4-9-25(40)41;1-5(2,3)4/h2-3,5-8,10,13-14,21,27H,4,9,11-12,15-17H2,1H3,(H,35,36)(H,40,41);(H2,1,2,3,4)/t21-,27-;/m0./s1. The van der Waals surface area contributed by atoms with Gasteiger partial charge in [0.2, 0.25) is 0 Å². The zero-order chi connectivity index (χ0) is 36.2. The Morgan fingerprint density at radius 3 is 2.48 bits per heavy atom. The van der Waals surface area contributed by atoms with Crippen LogP contribution in [0, 0.1) is 5.82 Å². The topological polar surface area (TPSA) is 202 Å². The maximum absolute atomic E-state index is 14.0. The number of hydrogen-bond donors (Lipinski definition) is 4. The molecule has 1 aromatic heterocycles. The highest BCUT2D eigenvalue weighted by Gasteiger charge is 2.42. The fourth-order valence-corrected chi connectivity index (χ4v) is 6.77. The molecule has 4 heterocycles. The smallest absolute Gasteiger partial charge is 0.394 e. The molecule has 2 fully saturated rings. The summed E-state index contributed by atoms with van der Waals surface area (Å²) in [5.41, 5.74) is 2.95. The highest BCUT2D eigenvalue weighted by atomic mass is 35.5. The molecule has 3 aliphatic heterocycles. The first-order chi connectivity index (χ1) is 23.7. The van der Waals surface area contributed by atoms with Crippen LogP contribution in [0.5, 0.6) is 0 Å². The number of thiazole rings is 1. The number of esters is 1. The van der Waals surface area contributed by atoms with Gasteiger partial charge < -0.3 is 20.1 Å². The lowest BCUT2D eigenvalue weighted by molar-refractivity contribution is -0.137. The Balaban J connectivity index is 0.000000908. The second-order valence-corrected chi connectivity index (χ2v) is 13.6. The van der Waals surface area contributed by atoms with E-state index >= 15 is 0 Å². The molecule has 2 saturated heterocycles. The first-order valence-electron chi connectivity index (χ1n) is 15.0. The van der Waals surface area contributed by atoms with Gasteiger partial charge in [0, 0.05) is 72.7 Å². The van der Waals surface area contributed by atoms with Gasteiger partial charge >= 0.3 is 28.4 Å². The van der Waals surface area contributed by atoms with Gasteiger partial charge in [-0.15, -0.1) is 11.3 Å². The van der Waals surface area contributed by atoms with Crippen LogP contribution in [0.1, 0.15) is 28.6 Å². The predicted octanol–water partition coefficient (Wildman–Crippen LogP) is 3.44. The van der Waals surface area contributed by atoms with E-state index in [1.54, 1.807) is 11.1 Å². The van der Waals surface area contributed by atoms with Gasteiger partial charge in [-0.3, -0.25) is 28.7 Å². The average Bonchev–Trinajstić information content (AvgIpc) is 3.71. The van der Waals surface area contributed by atoms with Crippen LogP contribution in [0.3, 0.4) is 0 Å². The molecule has 0 spiro atoms. The van der Waals surface area contributed by atoms with E-state index in [9.17, 15) is 18.8 Å². The fourth-order valence-electron chi connectivity index (χ4n) is 5.92. The van der Waals surface area contributed by atoms with Crippen LogP contribution in [0.2, 0.25) is 5.02 Å². The van der Waals surface area contributed by atoms with E-state index in [1.165, 1.54) is 36.6 Å². The summed E-state index contributed by atoms with van der Waals surface area (Å²) in [6, 6.07) is 10.4. The van der Waals surface area contributed by atoms with E-state index in [-0.39, 0.29) is 29.1 Å². The van der Waals surface area contributed by atoms with Crippen LogP contribution in [-0.2, 0) is 31.1 Å². The lowest BCUT2D eigenvalue weighted by Crippen LogP contribution is -2.53. The van der Waals surface area contributed by atoms with Gasteiger partial charge in [0.15, 0.2) is 10.8 Å². The first kappa shape index (κ1) is 36.8. The third-order valence-corrected chi connectivity index (χ3v) is 9.22. The number of aliphatic imine (C=N–C) groups is 1. The Morgan fingerprint density at radius 1 is 1.14 bits per heavy atom. The molecule has 3 aromatic rings. The number of benzene rings is 2. The molecule has 2 amide bonds. The van der Waals surface area contributed by atoms with Gasteiger partial charge in [-0.05, 0) is 36.2 Å². The van der Waals surface area contributed by atoms with E-state index in [1.807, 2.05) is 34.5 Å². The fraction of sp³-hybridized carbons (Fsp3) is 0.323. The second kappa shape index (κ2) is 15.6. The average molecular weight is 751 g/mol. The van der Waals surface area contributed by atoms with Gasteiger partial charge in [-0.1, -0.05) is 29.8 Å². The number of hydrogen-bond acceptors (Lipinski definition) is 11. The van der Waals surface area contributed by atoms with Crippen LogP contribution < -0.4 is 10.2 Å². The Labute approximate surface area is 295 Å². The van der Waals surface area contributed by atoms with E-state index in [4.69, 9.17) is 44.0 Å². The number of carbonyl (C=O) groups excluding carboxylic acids is 2. The quantitative estimate of drug-likeness (QED) is 0.184. The third-order valence-electron chi connectivity index (χ3n) is 8.12. The van der Waals surface area contributed by atoms with Gasteiger partial charge in [-0.2, -0.15) is 8.42 Å². The molecule has 4 N–H and O–H groups in total. The second-order valence-electron chi connectivity index (χ2n) is 11.4. The maximum atomic E-state index is 14.0. The number of rotatable bonds is 9. The van der Waals surface area contributed by atoms with Crippen molar-refractivity contribution in [3.63, 3.8) is 0 Å². The number of ether oxygens (including phenoxy) is 1. The number of fused-ring (bicyclic) bond motifs is 1. The van der Waals surface area contributed by atoms with Gasteiger partial charge in [-0.25, -0.2) is 19.0 Å². The van der Waals surface area contributed by atoms with Crippen molar-refractivity contribution in [3.05, 3.63) is 92.3 Å². The molecule has 0 radical (unpaired) electrons. The number of anilines is 1. The molecule has 6 rings (SSSR count). The number of halogens is 2. The summed E-state index contributed by atoms with van der Waals surface area (Å²) in [5, 5.41) is 14.9. The summed E-state index contributed by atoms with van der Waals surface area (Å²) in [5.74, 6) is -1.48. The Bertz CT molecular complexity index is 1920. The normalized spacial score (nSPS) is 19.3. The van der Waals surface area contributed by atoms with Crippen molar-refractivity contribution in [1.82, 2.24) is 20.1 Å². The number of methoxy groups -OCH3 is 1. The number of amides is 2. The number of aryl methyl sites for hydroxylation is 1. The molecule has 0 aliphatic carbocycles. The molecule has 15 nitrogen and oxygen atoms in total. The number of urea groups is 1. The van der Waals surface area contributed by atoms with Crippen molar-refractivity contribution in [2.45, 2.75) is 24.9 Å². The predicted molar refractivity (Wildman–Crippen MR) is 181 cm³/mol. The van der Waals surface area contributed by atoms with Crippen LogP contribution in [-0.4, -0.2) is 107 Å². The summed E-state index contributed by atoms with van der Waals surface area (Å²) < 4.78 is 50.7. The van der Waals surface area contributed by atoms with Crippen molar-refractivity contribution in [3.8, 4) is 0 Å². The van der Waals surface area contributed by atoms with Crippen LogP contribution in [0.25, 0.3) is 0 Å². The van der Waals surface area contributed by atoms with E-state index in [2.05, 4.69) is 15.2 Å². The van der Waals surface area contributed by atoms with Gasteiger partial charge in [0.1, 0.15) is 11.9 Å². The molecule has 19 heteroatoms. The van der Waals surface area contributed by atoms with Crippen molar-refractivity contribution in [2.24, 2.45) is 4.99 Å². The van der Waals surface area contributed by atoms with Crippen LogP contribution in [0.15, 0.2) is 70.3 Å². The monoisotopic (exact) mass is 750 g/mol. The first-order valence-corrected chi connectivity index (χ1v) is 17.7. The number of carboxylic acids is 1. The minimum atomic E-state index is -4.67. The van der Waals surface area contributed by atoms with Crippen molar-refractivity contribution in [1.29, 1.82) is 0 Å². The molecule has 0 bridgehead atoms. The highest BCUT2D eigenvalue weighted by molar-refractivity contribution is 7.79. The van der Waals surface area contributed by atoms with E-state index in [0.29, 0.717) is 61.2 Å². The molecule has 0 saturated carbocycles. The van der Waals surface area contributed by atoms with Gasteiger partial charge in [0.05, 0.1) is 18.7 Å². The van der Waals surface area contributed by atoms with E-state index in [0.717, 1.165) is 11.3 Å². The maximum Gasteiger partial charge on any atom is 0.394 e. The summed E-state index contributed by atoms with van der Waals surface area (Å²) in [7, 11) is -3.37. The number of carbonyl (C=O) groups is 3. The molecular weight excluding hydrogens is 719 g/mol. The molecule has 2 atom stereocenters. The minimum absolute atomic E-state index is 0.0472. The molecule has 3 aliphatic rings. The molecule has 0 unspecified atom stereocenters. The number of amidine groups is 1. The van der Waals surface area contributed by atoms with E-state index < -0.39 is 34.2 Å². The SMILES string of the molecule is COC(=O)C1=C(CN2CCN3C(=O)N(c4ccc(CCC(=O)O)cc4)C[C@@H]3C2)NC(c2nccs2)=N[C@H]1c1ccc(F)cc1Cl.O=S(=O)(O)O. The molecule has 2 aromatic carbocycles. The third kappa shape index (κ3) is 9.01. The minimum Gasteiger partial charge on any atom is -0.481 e. The lowest BCUT2D eigenvalue weighted by Gasteiger charge is -2.38. The van der Waals surface area contributed by atoms with Crippen molar-refractivity contribution < 1.29 is 46.1 Å². The molecule has 266 valence electrons. The summed E-state index contributed by atoms with van der Waals surface area (Å²) in [6.07, 6.45) is 2.13. The zero-order valence-electron chi connectivity index (χ0n) is 26.4. The highest BCUT2D eigenvalue weighted by Crippen LogP contribution is 2.37. The molecule has 50 heavy (non-hydrogen) atoms. The van der Waals surface area contributed by atoms with Crippen molar-refractivity contribution in [2.75, 3.05) is 44.7 Å². The number of piperazine rings is 1. The summed E-state index contributed by atoms with van der Waals surface area (Å²) in [6.45, 7) is 2.44. The van der Waals surface area contributed by atoms with Crippen LogP contribution >= 0.6 is 22.9 Å². The van der Waals surface area contributed by atoms with Crippen molar-refractivity contribution >= 4 is 62.8 Å². The number of nitrogens with zero attached hydrogens (tertiary/aromatic N) is 5. The molecular formula is C31H32ClFN6O9S2. The largest absolute Gasteiger partial charge is 0.481 e. The number of aliphatic carboxylic acids is 1. The Kier molecular flexibility index (Phi) is 11.5. The number of aromatic nitrogens is 1.